The van der Waals surface area contributed by atoms with Gasteiger partial charge in [-0.2, -0.15) is 0 Å². The Kier molecular flexibility index (Phi) is 7.24. The topological polar surface area (TPSA) is 98.8 Å². The minimum absolute atomic E-state index is 0.192. The van der Waals surface area contributed by atoms with Crippen LogP contribution in [-0.4, -0.2) is 42.7 Å². The van der Waals surface area contributed by atoms with Gasteiger partial charge in [0.25, 0.3) is 0 Å². The van der Waals surface area contributed by atoms with Crippen molar-refractivity contribution in [2.75, 3.05) is 13.7 Å². The first-order chi connectivity index (χ1) is 12.9. The zero-order valence-electron chi connectivity index (χ0n) is 15.5. The molecule has 3 N–H and O–H groups in total. The van der Waals surface area contributed by atoms with E-state index in [1.165, 1.54) is 7.11 Å². The van der Waals surface area contributed by atoms with Crippen LogP contribution < -0.4 is 5.73 Å². The normalized spacial score (nSPS) is 15.4. The number of methoxy groups -OCH3 is 1. The largest absolute Gasteiger partial charge is 0.455 e. The predicted octanol–water partition coefficient (Wildman–Crippen LogP) is 2.05. The molecule has 2 aromatic carbocycles. The summed E-state index contributed by atoms with van der Waals surface area (Å²) in [4.78, 5) is 24.9. The van der Waals surface area contributed by atoms with E-state index in [2.05, 4.69) is 0 Å². The predicted molar refractivity (Wildman–Crippen MR) is 101 cm³/mol. The van der Waals surface area contributed by atoms with E-state index in [0.717, 1.165) is 0 Å². The van der Waals surface area contributed by atoms with Gasteiger partial charge in [-0.1, -0.05) is 67.6 Å². The van der Waals surface area contributed by atoms with Crippen LogP contribution in [0.1, 0.15) is 29.3 Å². The molecule has 0 radical (unpaired) electrons. The maximum atomic E-state index is 12.9. The number of hydrogen-bond donors (Lipinski definition) is 2. The second-order valence-corrected chi connectivity index (χ2v) is 6.24. The van der Waals surface area contributed by atoms with Crippen LogP contribution in [0.15, 0.2) is 60.7 Å². The van der Waals surface area contributed by atoms with Crippen molar-refractivity contribution in [2.24, 2.45) is 5.73 Å². The van der Waals surface area contributed by atoms with E-state index >= 15 is 0 Å². The maximum absolute atomic E-state index is 12.9. The third kappa shape index (κ3) is 4.80. The molecule has 3 atom stereocenters. The number of aliphatic hydroxyl groups is 1. The molecule has 0 saturated heterocycles. The fraction of sp³-hybridized carbons (Fsp3) is 0.333. The molecule has 0 aliphatic carbocycles. The quantitative estimate of drug-likeness (QED) is 0.517. The lowest BCUT2D eigenvalue weighted by Gasteiger charge is -2.38. The van der Waals surface area contributed by atoms with E-state index in [1.807, 2.05) is 0 Å². The van der Waals surface area contributed by atoms with Crippen molar-refractivity contribution in [1.29, 1.82) is 0 Å². The molecule has 0 bridgehead atoms. The van der Waals surface area contributed by atoms with Crippen LogP contribution in [0.5, 0.6) is 0 Å². The Morgan fingerprint density at radius 3 is 2.15 bits per heavy atom. The summed E-state index contributed by atoms with van der Waals surface area (Å²) in [5, 5.41) is 11.4. The molecule has 0 amide bonds. The zero-order valence-corrected chi connectivity index (χ0v) is 15.5. The summed E-state index contributed by atoms with van der Waals surface area (Å²) in [6.07, 6.45) is -1.09. The first-order valence-corrected chi connectivity index (χ1v) is 8.75. The highest BCUT2D eigenvalue weighted by Crippen LogP contribution is 2.33. The molecular formula is C21H25NO5. The number of benzene rings is 2. The monoisotopic (exact) mass is 371 g/mol. The lowest BCUT2D eigenvalue weighted by Crippen LogP contribution is -2.56. The number of Topliss-reactive ketones (excluding diaryl/α,β-unsaturated/α-hetero) is 1. The van der Waals surface area contributed by atoms with Gasteiger partial charge in [0.1, 0.15) is 18.2 Å². The van der Waals surface area contributed by atoms with E-state index in [4.69, 9.17) is 15.2 Å². The van der Waals surface area contributed by atoms with Crippen molar-refractivity contribution in [1.82, 2.24) is 0 Å². The number of carbonyl (C=O) groups is 2. The molecular weight excluding hydrogens is 346 g/mol. The Morgan fingerprint density at radius 2 is 1.63 bits per heavy atom. The highest BCUT2D eigenvalue weighted by molar-refractivity contribution is 6.00. The van der Waals surface area contributed by atoms with Gasteiger partial charge < -0.3 is 20.3 Å². The summed E-state index contributed by atoms with van der Waals surface area (Å²) in [5.41, 5.74) is 5.47. The Balaban J connectivity index is 2.43. The highest BCUT2D eigenvalue weighted by atomic mass is 16.6. The zero-order chi connectivity index (χ0) is 19.9. The minimum Gasteiger partial charge on any atom is -0.455 e. The van der Waals surface area contributed by atoms with Gasteiger partial charge in [0.05, 0.1) is 0 Å². The second kappa shape index (κ2) is 9.41. The summed E-state index contributed by atoms with van der Waals surface area (Å²) in [7, 11) is 1.36. The number of esters is 1. The van der Waals surface area contributed by atoms with Crippen molar-refractivity contribution in [3.8, 4) is 0 Å². The van der Waals surface area contributed by atoms with E-state index in [-0.39, 0.29) is 13.0 Å². The number of ketones is 1. The Hall–Kier alpha value is -2.54. The molecule has 27 heavy (non-hydrogen) atoms. The molecule has 3 unspecified atom stereocenters. The highest BCUT2D eigenvalue weighted by Gasteiger charge is 2.45. The molecule has 0 spiro atoms. The fourth-order valence-electron chi connectivity index (χ4n) is 2.99. The third-order valence-electron chi connectivity index (χ3n) is 4.49. The van der Waals surface area contributed by atoms with Gasteiger partial charge in [-0.15, -0.1) is 0 Å². The van der Waals surface area contributed by atoms with Gasteiger partial charge in [-0.05, 0) is 12.0 Å². The number of rotatable bonds is 9. The number of carbonyl (C=O) groups excluding carboxylic acids is 2. The lowest BCUT2D eigenvalue weighted by atomic mass is 9.80. The van der Waals surface area contributed by atoms with Crippen LogP contribution >= 0.6 is 0 Å². The van der Waals surface area contributed by atoms with Crippen molar-refractivity contribution >= 4 is 11.8 Å². The average Bonchev–Trinajstić information content (AvgIpc) is 2.72. The Labute approximate surface area is 158 Å². The molecule has 144 valence electrons. The van der Waals surface area contributed by atoms with Crippen molar-refractivity contribution in [3.05, 3.63) is 71.8 Å². The SMILES string of the molecule is CCC(O)(c1ccccc1)C(OC(=O)COC)C(N)C(=O)c1ccccc1. The second-order valence-electron chi connectivity index (χ2n) is 6.24. The summed E-state index contributed by atoms with van der Waals surface area (Å²) >= 11 is 0. The lowest BCUT2D eigenvalue weighted by molar-refractivity contribution is -0.172. The van der Waals surface area contributed by atoms with Gasteiger partial charge in [0.2, 0.25) is 0 Å². The summed E-state index contributed by atoms with van der Waals surface area (Å²) in [6.45, 7) is 1.43. The third-order valence-corrected chi connectivity index (χ3v) is 4.49. The Bertz CT molecular complexity index is 750. The molecule has 0 aliphatic rings. The van der Waals surface area contributed by atoms with Crippen molar-refractivity contribution in [3.63, 3.8) is 0 Å². The van der Waals surface area contributed by atoms with Gasteiger partial charge in [0, 0.05) is 12.7 Å². The van der Waals surface area contributed by atoms with Crippen molar-refractivity contribution in [2.45, 2.75) is 31.1 Å². The molecule has 0 aromatic heterocycles. The molecule has 0 heterocycles. The van der Waals surface area contributed by atoms with E-state index < -0.39 is 29.5 Å². The van der Waals surface area contributed by atoms with E-state index in [1.54, 1.807) is 67.6 Å². The molecule has 2 rings (SSSR count). The van der Waals surface area contributed by atoms with Crippen LogP contribution in [0.3, 0.4) is 0 Å². The van der Waals surface area contributed by atoms with Crippen LogP contribution in [0.4, 0.5) is 0 Å². The van der Waals surface area contributed by atoms with Crippen LogP contribution in [0.2, 0.25) is 0 Å². The molecule has 0 aliphatic heterocycles. The number of hydrogen-bond acceptors (Lipinski definition) is 6. The molecule has 0 fully saturated rings. The summed E-state index contributed by atoms with van der Waals surface area (Å²) in [5.74, 6) is -1.13. The maximum Gasteiger partial charge on any atom is 0.332 e. The summed E-state index contributed by atoms with van der Waals surface area (Å²) in [6, 6.07) is 16.0. The standard InChI is InChI=1S/C21H25NO5/c1-3-21(25,16-12-8-5-9-13-16)20(27-17(23)14-26-2)18(22)19(24)15-10-6-4-7-11-15/h4-13,18,20,25H,3,14,22H2,1-2H3. The van der Waals surface area contributed by atoms with Gasteiger partial charge in [-0.3, -0.25) is 4.79 Å². The molecule has 2 aromatic rings. The van der Waals surface area contributed by atoms with E-state index in [9.17, 15) is 14.7 Å². The smallest absolute Gasteiger partial charge is 0.332 e. The number of nitrogens with two attached hydrogens (primary N) is 1. The van der Waals surface area contributed by atoms with Gasteiger partial charge in [0.15, 0.2) is 11.9 Å². The first-order valence-electron chi connectivity index (χ1n) is 8.75. The summed E-state index contributed by atoms with van der Waals surface area (Å²) < 4.78 is 10.2. The molecule has 0 saturated carbocycles. The first kappa shape index (κ1) is 20.8. The minimum atomic E-state index is -1.63. The van der Waals surface area contributed by atoms with Gasteiger partial charge >= 0.3 is 5.97 Å². The number of ether oxygens (including phenoxy) is 2. The van der Waals surface area contributed by atoms with Gasteiger partial charge in [-0.25, -0.2) is 4.79 Å². The van der Waals surface area contributed by atoms with Crippen molar-refractivity contribution < 1.29 is 24.2 Å². The van der Waals surface area contributed by atoms with Crippen LogP contribution in [0, 0.1) is 0 Å². The van der Waals surface area contributed by atoms with Crippen LogP contribution in [0.25, 0.3) is 0 Å². The molecule has 6 nitrogen and oxygen atoms in total. The Morgan fingerprint density at radius 1 is 1.07 bits per heavy atom. The fourth-order valence-corrected chi connectivity index (χ4v) is 2.99. The van der Waals surface area contributed by atoms with E-state index in [0.29, 0.717) is 11.1 Å². The van der Waals surface area contributed by atoms with Crippen LogP contribution in [-0.2, 0) is 19.9 Å². The molecule has 6 heteroatoms. The average molecular weight is 371 g/mol.